The van der Waals surface area contributed by atoms with Gasteiger partial charge in [-0.3, -0.25) is 4.79 Å². The van der Waals surface area contributed by atoms with Crippen molar-refractivity contribution in [1.82, 2.24) is 20.3 Å². The summed E-state index contributed by atoms with van der Waals surface area (Å²) in [5.41, 5.74) is 2.42. The van der Waals surface area contributed by atoms with E-state index in [1.165, 1.54) is 5.56 Å². The summed E-state index contributed by atoms with van der Waals surface area (Å²) in [6, 6.07) is 8.31. The van der Waals surface area contributed by atoms with Gasteiger partial charge in [-0.1, -0.05) is 17.3 Å². The number of amides is 1. The fourth-order valence-electron chi connectivity index (χ4n) is 2.80. The maximum atomic E-state index is 12.3. The predicted molar refractivity (Wildman–Crippen MR) is 105 cm³/mol. The van der Waals surface area contributed by atoms with Gasteiger partial charge >= 0.3 is 0 Å². The van der Waals surface area contributed by atoms with Gasteiger partial charge in [-0.15, -0.1) is 17.5 Å². The molecule has 1 fully saturated rings. The number of benzene rings is 1. The molecule has 1 aromatic carbocycles. The van der Waals surface area contributed by atoms with Gasteiger partial charge in [0.15, 0.2) is 5.69 Å². The quantitative estimate of drug-likeness (QED) is 0.805. The number of thioether (sulfide) groups is 1. The molecule has 1 saturated heterocycles. The Morgan fingerprint density at radius 3 is 2.72 bits per heavy atom. The lowest BCUT2D eigenvalue weighted by Crippen LogP contribution is -2.29. The van der Waals surface area contributed by atoms with Gasteiger partial charge in [0.05, 0.1) is 12.2 Å². The highest BCUT2D eigenvalue weighted by Crippen LogP contribution is 2.18. The van der Waals surface area contributed by atoms with Gasteiger partial charge < -0.3 is 10.6 Å². The van der Waals surface area contributed by atoms with Crippen molar-refractivity contribution in [3.05, 3.63) is 41.7 Å². The van der Waals surface area contributed by atoms with E-state index in [2.05, 4.69) is 39.3 Å². The average molecular weight is 382 g/mol. The third-order valence-electron chi connectivity index (χ3n) is 4.23. The number of carbonyl (C=O) groups is 1. The number of aromatic nitrogens is 3. The molecule has 1 aliphatic heterocycles. The number of aryl methyl sites for hydroxylation is 1. The lowest BCUT2D eigenvalue weighted by atomic mass is 10.1. The summed E-state index contributed by atoms with van der Waals surface area (Å²) in [6.45, 7) is 1.96. The van der Waals surface area contributed by atoms with E-state index in [1.54, 1.807) is 6.20 Å². The molecule has 0 radical (unpaired) electrons. The highest BCUT2D eigenvalue weighted by atomic mass is 35.5. The van der Waals surface area contributed by atoms with Crippen LogP contribution in [0.25, 0.3) is 0 Å². The Bertz CT molecular complexity index is 670. The average Bonchev–Trinajstić information content (AvgIpc) is 3.12. The molecule has 1 aromatic heterocycles. The van der Waals surface area contributed by atoms with Crippen molar-refractivity contribution in [2.45, 2.75) is 25.3 Å². The van der Waals surface area contributed by atoms with Gasteiger partial charge in [0, 0.05) is 5.69 Å². The van der Waals surface area contributed by atoms with Crippen LogP contribution in [0.2, 0.25) is 0 Å². The minimum absolute atomic E-state index is 0. The lowest BCUT2D eigenvalue weighted by Gasteiger charge is -2.22. The van der Waals surface area contributed by atoms with E-state index in [1.807, 2.05) is 28.6 Å². The zero-order chi connectivity index (χ0) is 16.8. The van der Waals surface area contributed by atoms with Crippen molar-refractivity contribution >= 4 is 35.8 Å². The van der Waals surface area contributed by atoms with Crippen molar-refractivity contribution in [3.63, 3.8) is 0 Å². The predicted octanol–water partition coefficient (Wildman–Crippen LogP) is 2.78. The second kappa shape index (κ2) is 9.79. The number of halogens is 1. The van der Waals surface area contributed by atoms with Crippen LogP contribution in [0.3, 0.4) is 0 Å². The normalized spacial score (nSPS) is 14.8. The SMILES string of the molecule is CSCCc1ccc(NC(=O)c2cn(C3CCNCC3)nn2)cc1.Cl. The molecule has 6 nitrogen and oxygen atoms in total. The van der Waals surface area contributed by atoms with Crippen molar-refractivity contribution in [3.8, 4) is 0 Å². The minimum atomic E-state index is -0.216. The largest absolute Gasteiger partial charge is 0.321 e. The first-order valence-electron chi connectivity index (χ1n) is 8.28. The molecule has 1 amide bonds. The van der Waals surface area contributed by atoms with E-state index in [-0.39, 0.29) is 18.3 Å². The molecule has 0 aliphatic carbocycles. The molecule has 0 unspecified atom stereocenters. The van der Waals surface area contributed by atoms with Crippen LogP contribution in [-0.2, 0) is 6.42 Å². The number of piperidine rings is 1. The van der Waals surface area contributed by atoms with E-state index in [0.717, 1.165) is 43.8 Å². The van der Waals surface area contributed by atoms with Gasteiger partial charge in [-0.05, 0) is 62.1 Å². The minimum Gasteiger partial charge on any atom is -0.321 e. The van der Waals surface area contributed by atoms with Crippen LogP contribution >= 0.6 is 24.2 Å². The second-order valence-electron chi connectivity index (χ2n) is 5.96. The van der Waals surface area contributed by atoms with E-state index in [4.69, 9.17) is 0 Å². The van der Waals surface area contributed by atoms with Gasteiger partial charge in [-0.25, -0.2) is 4.68 Å². The number of anilines is 1. The third-order valence-corrected chi connectivity index (χ3v) is 4.84. The lowest BCUT2D eigenvalue weighted by molar-refractivity contribution is 0.102. The van der Waals surface area contributed by atoms with Crippen LogP contribution in [-0.4, -0.2) is 46.0 Å². The standard InChI is InChI=1S/C17H23N5OS.ClH/c1-24-11-8-13-2-4-14(5-3-13)19-17(23)16-12-22(21-20-16)15-6-9-18-10-7-15;/h2-5,12,15,18H,6-11H2,1H3,(H,19,23);1H. The van der Waals surface area contributed by atoms with Crippen LogP contribution in [0.4, 0.5) is 5.69 Å². The second-order valence-corrected chi connectivity index (χ2v) is 6.94. The molecule has 2 heterocycles. The number of nitrogens with zero attached hydrogens (tertiary/aromatic N) is 3. The van der Waals surface area contributed by atoms with E-state index < -0.39 is 0 Å². The molecule has 2 N–H and O–H groups in total. The van der Waals surface area contributed by atoms with E-state index in [9.17, 15) is 4.79 Å². The van der Waals surface area contributed by atoms with E-state index >= 15 is 0 Å². The Labute approximate surface area is 158 Å². The summed E-state index contributed by atoms with van der Waals surface area (Å²) >= 11 is 1.83. The van der Waals surface area contributed by atoms with Crippen molar-refractivity contribution < 1.29 is 4.79 Å². The van der Waals surface area contributed by atoms with Gasteiger partial charge in [-0.2, -0.15) is 11.8 Å². The van der Waals surface area contributed by atoms with Crippen molar-refractivity contribution in [2.75, 3.05) is 30.4 Å². The molecule has 8 heteroatoms. The van der Waals surface area contributed by atoms with Crippen molar-refractivity contribution in [1.29, 1.82) is 0 Å². The molecule has 0 spiro atoms. The number of hydrogen-bond acceptors (Lipinski definition) is 5. The van der Waals surface area contributed by atoms with Gasteiger partial charge in [0.25, 0.3) is 5.91 Å². The Balaban J connectivity index is 0.00000225. The molecule has 0 saturated carbocycles. The maximum Gasteiger partial charge on any atom is 0.277 e. The van der Waals surface area contributed by atoms with E-state index in [0.29, 0.717) is 11.7 Å². The number of hydrogen-bond donors (Lipinski definition) is 2. The number of rotatable bonds is 6. The topological polar surface area (TPSA) is 71.8 Å². The molecule has 0 bridgehead atoms. The first-order chi connectivity index (χ1) is 11.8. The zero-order valence-electron chi connectivity index (χ0n) is 14.3. The monoisotopic (exact) mass is 381 g/mol. The molecule has 0 atom stereocenters. The van der Waals surface area contributed by atoms with Gasteiger partial charge in [0.1, 0.15) is 0 Å². The Morgan fingerprint density at radius 2 is 2.04 bits per heavy atom. The fourth-order valence-corrected chi connectivity index (χ4v) is 3.24. The molecule has 136 valence electrons. The smallest absolute Gasteiger partial charge is 0.277 e. The van der Waals surface area contributed by atoms with Crippen LogP contribution in [0.5, 0.6) is 0 Å². The highest BCUT2D eigenvalue weighted by molar-refractivity contribution is 7.98. The number of nitrogens with one attached hydrogen (secondary N) is 2. The molecule has 2 aromatic rings. The summed E-state index contributed by atoms with van der Waals surface area (Å²) in [5.74, 6) is 0.887. The molecule has 3 rings (SSSR count). The molecular formula is C17H24ClN5OS. The van der Waals surface area contributed by atoms with Crippen LogP contribution < -0.4 is 10.6 Å². The summed E-state index contributed by atoms with van der Waals surface area (Å²) in [5, 5.41) is 14.4. The van der Waals surface area contributed by atoms with Gasteiger partial charge in [0.2, 0.25) is 0 Å². The molecule has 25 heavy (non-hydrogen) atoms. The molecular weight excluding hydrogens is 358 g/mol. The summed E-state index contributed by atoms with van der Waals surface area (Å²) in [4.78, 5) is 12.3. The fraction of sp³-hybridized carbons (Fsp3) is 0.471. The number of carbonyl (C=O) groups excluding carboxylic acids is 1. The summed E-state index contributed by atoms with van der Waals surface area (Å²) in [6.07, 6.45) is 6.92. The van der Waals surface area contributed by atoms with Crippen molar-refractivity contribution in [2.24, 2.45) is 0 Å². The Kier molecular flexibility index (Phi) is 7.74. The van der Waals surface area contributed by atoms with Crippen LogP contribution in [0, 0.1) is 0 Å². The molecule has 1 aliphatic rings. The maximum absolute atomic E-state index is 12.3. The first kappa shape index (κ1) is 19.8. The van der Waals surface area contributed by atoms with Crippen LogP contribution in [0.1, 0.15) is 34.9 Å². The third kappa shape index (κ3) is 5.45. The summed E-state index contributed by atoms with van der Waals surface area (Å²) in [7, 11) is 0. The highest BCUT2D eigenvalue weighted by Gasteiger charge is 2.18. The zero-order valence-corrected chi connectivity index (χ0v) is 15.9. The Morgan fingerprint density at radius 1 is 1.32 bits per heavy atom. The summed E-state index contributed by atoms with van der Waals surface area (Å²) < 4.78 is 1.82. The first-order valence-corrected chi connectivity index (χ1v) is 9.67. The Hall–Kier alpha value is -1.57. The van der Waals surface area contributed by atoms with Crippen LogP contribution in [0.15, 0.2) is 30.5 Å².